The molecule has 31 heavy (non-hydrogen) atoms. The predicted octanol–water partition coefficient (Wildman–Crippen LogP) is 4.31. The summed E-state index contributed by atoms with van der Waals surface area (Å²) >= 11 is 0. The van der Waals surface area contributed by atoms with Gasteiger partial charge in [0, 0.05) is 42.3 Å². The summed E-state index contributed by atoms with van der Waals surface area (Å²) in [5, 5.41) is 12.7. The molecule has 0 amide bonds. The Morgan fingerprint density at radius 1 is 1.32 bits per heavy atom. The molecule has 1 N–H and O–H groups in total. The molecule has 0 spiro atoms. The van der Waals surface area contributed by atoms with Gasteiger partial charge in [0.25, 0.3) is 0 Å². The summed E-state index contributed by atoms with van der Waals surface area (Å²) < 4.78 is 0. The van der Waals surface area contributed by atoms with Gasteiger partial charge in [-0.05, 0) is 37.5 Å². The minimum absolute atomic E-state index is 0.0102. The average molecular weight is 422 g/mol. The molecule has 2 aromatic heterocycles. The van der Waals surface area contributed by atoms with Gasteiger partial charge >= 0.3 is 5.69 Å². The van der Waals surface area contributed by atoms with Crippen molar-refractivity contribution in [1.82, 2.24) is 9.97 Å². The van der Waals surface area contributed by atoms with Crippen molar-refractivity contribution in [3.8, 4) is 0 Å². The number of nitrogens with zero attached hydrogens (tertiary/aromatic N) is 4. The highest BCUT2D eigenvalue weighted by Crippen LogP contribution is 2.33. The van der Waals surface area contributed by atoms with Crippen LogP contribution in [0.25, 0.3) is 10.9 Å². The minimum Gasteiger partial charge on any atom is -0.348 e. The number of carbonyl (C=O) groups excluding carboxylic acids is 1. The number of aromatic nitrogens is 2. The van der Waals surface area contributed by atoms with Crippen LogP contribution in [0.1, 0.15) is 32.6 Å². The fourth-order valence-electron chi connectivity index (χ4n) is 4.44. The predicted molar refractivity (Wildman–Crippen MR) is 122 cm³/mol. The zero-order valence-corrected chi connectivity index (χ0v) is 17.6. The topological polar surface area (TPSA) is 95.4 Å². The van der Waals surface area contributed by atoms with Gasteiger partial charge in [0.2, 0.25) is 5.82 Å². The number of piperidine rings is 1. The molecule has 8 nitrogen and oxygen atoms in total. The van der Waals surface area contributed by atoms with E-state index in [-0.39, 0.29) is 22.7 Å². The van der Waals surface area contributed by atoms with E-state index in [1.807, 2.05) is 29.2 Å². The molecule has 1 fully saturated rings. The number of hydrogen-bond acceptors (Lipinski definition) is 6. The van der Waals surface area contributed by atoms with E-state index in [0.717, 1.165) is 42.3 Å². The van der Waals surface area contributed by atoms with Gasteiger partial charge in [-0.15, -0.1) is 0 Å². The largest absolute Gasteiger partial charge is 0.348 e. The van der Waals surface area contributed by atoms with Crippen LogP contribution in [0.2, 0.25) is 0 Å². The second-order valence-corrected chi connectivity index (χ2v) is 7.97. The Balaban J connectivity index is 1.60. The first-order valence-corrected chi connectivity index (χ1v) is 10.8. The maximum atomic E-state index is 12.1. The van der Waals surface area contributed by atoms with E-state index in [4.69, 9.17) is 0 Å². The third-order valence-electron chi connectivity index (χ3n) is 6.03. The van der Waals surface area contributed by atoms with Crippen molar-refractivity contribution in [1.29, 1.82) is 0 Å². The van der Waals surface area contributed by atoms with Crippen LogP contribution < -0.4 is 9.80 Å². The molecule has 1 aliphatic heterocycles. The maximum absolute atomic E-state index is 12.1. The zero-order valence-electron chi connectivity index (χ0n) is 17.6. The molecule has 0 radical (unpaired) electrons. The smallest absolute Gasteiger partial charge is 0.311 e. The molecular formula is C23H27N5O3. The number of benzene rings is 1. The van der Waals surface area contributed by atoms with Gasteiger partial charge in [-0.2, -0.15) is 0 Å². The second kappa shape index (κ2) is 9.16. The van der Waals surface area contributed by atoms with E-state index in [1.54, 1.807) is 12.3 Å². The number of hydrogen-bond donors (Lipinski definition) is 1. The summed E-state index contributed by atoms with van der Waals surface area (Å²) in [6, 6.07) is 12.9. The van der Waals surface area contributed by atoms with Crippen LogP contribution in [0.3, 0.4) is 0 Å². The van der Waals surface area contributed by atoms with Crippen molar-refractivity contribution < 1.29 is 9.72 Å². The van der Waals surface area contributed by atoms with E-state index in [0.29, 0.717) is 25.3 Å². The lowest BCUT2D eigenvalue weighted by Crippen LogP contribution is -2.51. The number of carbonyl (C=O) groups is 1. The summed E-state index contributed by atoms with van der Waals surface area (Å²) in [5.41, 5.74) is 1.05. The third-order valence-corrected chi connectivity index (χ3v) is 6.03. The third kappa shape index (κ3) is 4.23. The first-order chi connectivity index (χ1) is 15.1. The molecule has 162 valence electrons. The highest BCUT2D eigenvalue weighted by Gasteiger charge is 2.35. The Labute approximate surface area is 181 Å². The highest BCUT2D eigenvalue weighted by molar-refractivity contribution is 5.84. The van der Waals surface area contributed by atoms with Crippen LogP contribution in [0, 0.1) is 10.1 Å². The lowest BCUT2D eigenvalue weighted by Gasteiger charge is -2.42. The molecule has 1 aromatic carbocycles. The monoisotopic (exact) mass is 421 g/mol. The molecule has 3 aromatic rings. The van der Waals surface area contributed by atoms with Crippen molar-refractivity contribution >= 4 is 34.5 Å². The summed E-state index contributed by atoms with van der Waals surface area (Å²) in [6.45, 7) is 3.46. The van der Waals surface area contributed by atoms with Crippen LogP contribution in [0.15, 0.2) is 48.7 Å². The van der Waals surface area contributed by atoms with Crippen molar-refractivity contribution in [3.63, 3.8) is 0 Å². The van der Waals surface area contributed by atoms with Crippen molar-refractivity contribution in [2.75, 3.05) is 22.9 Å². The van der Waals surface area contributed by atoms with Gasteiger partial charge < -0.3 is 19.6 Å². The molecule has 0 bridgehead atoms. The number of fused-ring (bicyclic) bond motifs is 1. The Morgan fingerprint density at radius 2 is 2.16 bits per heavy atom. The van der Waals surface area contributed by atoms with Crippen molar-refractivity contribution in [2.45, 2.75) is 44.7 Å². The van der Waals surface area contributed by atoms with Gasteiger partial charge in [0.15, 0.2) is 0 Å². The van der Waals surface area contributed by atoms with Crippen molar-refractivity contribution in [2.24, 2.45) is 0 Å². The number of nitro groups is 1. The van der Waals surface area contributed by atoms with Crippen LogP contribution in [-0.2, 0) is 4.79 Å². The molecule has 3 heterocycles. The lowest BCUT2D eigenvalue weighted by atomic mass is 9.96. The average Bonchev–Trinajstić information content (AvgIpc) is 3.23. The normalized spacial score (nSPS) is 18.8. The highest BCUT2D eigenvalue weighted by atomic mass is 16.6. The number of pyridine rings is 1. The van der Waals surface area contributed by atoms with E-state index in [2.05, 4.69) is 27.9 Å². The van der Waals surface area contributed by atoms with E-state index < -0.39 is 0 Å². The molecule has 2 atom stereocenters. The van der Waals surface area contributed by atoms with Gasteiger partial charge in [-0.1, -0.05) is 31.5 Å². The number of aromatic amines is 1. The molecular weight excluding hydrogens is 394 g/mol. The Bertz CT molecular complexity index is 1030. The number of nitrogens with one attached hydrogen (secondary N) is 1. The number of para-hydroxylation sites is 1. The van der Waals surface area contributed by atoms with Gasteiger partial charge in [-0.3, -0.25) is 10.1 Å². The number of aldehydes is 1. The van der Waals surface area contributed by atoms with Crippen LogP contribution >= 0.6 is 0 Å². The number of H-pyrrole nitrogens is 1. The maximum Gasteiger partial charge on any atom is 0.311 e. The summed E-state index contributed by atoms with van der Waals surface area (Å²) in [7, 11) is 0. The molecule has 1 saturated heterocycles. The fraction of sp³-hybridized carbons (Fsp3) is 0.391. The summed E-state index contributed by atoms with van der Waals surface area (Å²) in [6.07, 6.45) is 5.85. The molecule has 1 aliphatic rings. The van der Waals surface area contributed by atoms with Crippen LogP contribution in [0.5, 0.6) is 0 Å². The lowest BCUT2D eigenvalue weighted by molar-refractivity contribution is -0.384. The SMILES string of the molecule is CCCCN(c1ncccc1[N+](=O)[O-])C1CCN(c2cc3ccccc3[nH]2)C(C=O)C1. The number of rotatable bonds is 8. The van der Waals surface area contributed by atoms with Gasteiger partial charge in [0.1, 0.15) is 12.1 Å². The van der Waals surface area contributed by atoms with Crippen LogP contribution in [0.4, 0.5) is 17.3 Å². The zero-order chi connectivity index (χ0) is 21.8. The van der Waals surface area contributed by atoms with E-state index >= 15 is 0 Å². The quantitative estimate of drug-likeness (QED) is 0.331. The number of unbranched alkanes of at least 4 members (excludes halogenated alkanes) is 1. The number of anilines is 2. The van der Waals surface area contributed by atoms with E-state index in [1.165, 1.54) is 6.07 Å². The van der Waals surface area contributed by atoms with Crippen LogP contribution in [-0.4, -0.2) is 46.4 Å². The molecule has 0 saturated carbocycles. The fourth-order valence-corrected chi connectivity index (χ4v) is 4.44. The Kier molecular flexibility index (Phi) is 6.16. The Hall–Kier alpha value is -3.42. The second-order valence-electron chi connectivity index (χ2n) is 7.97. The van der Waals surface area contributed by atoms with Crippen molar-refractivity contribution in [3.05, 3.63) is 58.8 Å². The van der Waals surface area contributed by atoms with Gasteiger partial charge in [0.05, 0.1) is 11.0 Å². The molecule has 8 heteroatoms. The van der Waals surface area contributed by atoms with Gasteiger partial charge in [-0.25, -0.2) is 4.98 Å². The summed E-state index contributed by atoms with van der Waals surface area (Å²) in [4.78, 5) is 35.2. The standard InChI is InChI=1S/C23H27N5O3/c1-2-3-12-27(23-21(28(30)31)9-6-11-24-23)18-10-13-26(19(15-18)16-29)22-14-17-7-4-5-8-20(17)25-22/h4-9,11,14,16,18-19,25H,2-3,10,12-13,15H2,1H3. The Morgan fingerprint density at radius 3 is 2.90 bits per heavy atom. The molecule has 2 unspecified atom stereocenters. The molecule has 0 aliphatic carbocycles. The summed E-state index contributed by atoms with van der Waals surface area (Å²) in [5.74, 6) is 1.33. The van der Waals surface area contributed by atoms with E-state index in [9.17, 15) is 14.9 Å². The first kappa shape index (κ1) is 20.8. The first-order valence-electron chi connectivity index (χ1n) is 10.8. The minimum atomic E-state index is -0.377. The molecule has 4 rings (SSSR count).